The van der Waals surface area contributed by atoms with Gasteiger partial charge in [0.1, 0.15) is 6.04 Å². The second kappa shape index (κ2) is 18.4. The van der Waals surface area contributed by atoms with Gasteiger partial charge in [0, 0.05) is 18.5 Å². The molecule has 0 unspecified atom stereocenters. The second-order valence-electron chi connectivity index (χ2n) is 12.1. The number of benzene rings is 3. The number of carbonyl (C=O) groups excluding carboxylic acids is 2. The van der Waals surface area contributed by atoms with Gasteiger partial charge in [0.25, 0.3) is 0 Å². The first-order chi connectivity index (χ1) is 23.0. The summed E-state index contributed by atoms with van der Waals surface area (Å²) in [5, 5.41) is 19.9. The highest BCUT2D eigenvalue weighted by molar-refractivity contribution is 7.89. The molecule has 0 aliphatic carbocycles. The van der Waals surface area contributed by atoms with Crippen LogP contribution in [-0.4, -0.2) is 78.2 Å². The number of rotatable bonds is 18. The Morgan fingerprint density at radius 2 is 1.46 bits per heavy atom. The highest BCUT2D eigenvalue weighted by Gasteiger charge is 2.41. The maximum atomic E-state index is 13.8. The summed E-state index contributed by atoms with van der Waals surface area (Å²) in [4.78, 5) is 28.0. The lowest BCUT2D eigenvalue weighted by Crippen LogP contribution is -2.55. The van der Waals surface area contributed by atoms with Gasteiger partial charge in [-0.1, -0.05) is 92.6 Å². The number of nitrogens with zero attached hydrogens (tertiary/aromatic N) is 2. The maximum Gasteiger partial charge on any atom is 0.411 e. The fourth-order valence-electron chi connectivity index (χ4n) is 5.84. The van der Waals surface area contributed by atoms with Gasteiger partial charge in [0.2, 0.25) is 15.9 Å². The number of terminal acetylenes is 1. The zero-order valence-electron chi connectivity index (χ0n) is 27.8. The van der Waals surface area contributed by atoms with Crippen molar-refractivity contribution in [2.24, 2.45) is 11.7 Å². The van der Waals surface area contributed by atoms with E-state index in [2.05, 4.69) is 5.92 Å². The lowest BCUT2D eigenvalue weighted by atomic mass is 9.83. The van der Waals surface area contributed by atoms with Gasteiger partial charge in [0.05, 0.1) is 31.3 Å². The molecule has 48 heavy (non-hydrogen) atoms. The molecule has 0 bridgehead atoms. The van der Waals surface area contributed by atoms with Crippen molar-refractivity contribution in [3.8, 4) is 12.3 Å². The van der Waals surface area contributed by atoms with E-state index in [1.807, 2.05) is 74.5 Å². The number of nitrogens with two attached hydrogens (primary N) is 1. The number of sulfonamides is 1. The van der Waals surface area contributed by atoms with Crippen LogP contribution in [0.5, 0.6) is 0 Å². The second-order valence-corrected chi connectivity index (χ2v) is 14.0. The number of methoxy groups -OCH3 is 1. The highest BCUT2D eigenvalue weighted by Crippen LogP contribution is 2.33. The van der Waals surface area contributed by atoms with Crippen molar-refractivity contribution in [3.05, 3.63) is 102 Å². The molecular formula is C37H47N3O7S. The lowest BCUT2D eigenvalue weighted by molar-refractivity contribution is -0.123. The molecule has 3 aromatic carbocycles. The lowest BCUT2D eigenvalue weighted by Gasteiger charge is -2.38. The van der Waals surface area contributed by atoms with Crippen LogP contribution in [0.4, 0.5) is 4.79 Å². The van der Waals surface area contributed by atoms with Crippen molar-refractivity contribution in [2.75, 3.05) is 20.3 Å². The van der Waals surface area contributed by atoms with Crippen LogP contribution in [0.2, 0.25) is 0 Å². The Bertz CT molecular complexity index is 1550. The van der Waals surface area contributed by atoms with Gasteiger partial charge in [-0.15, -0.1) is 6.42 Å². The average Bonchev–Trinajstić information content (AvgIpc) is 3.10. The summed E-state index contributed by atoms with van der Waals surface area (Å²) in [7, 11) is -2.81. The van der Waals surface area contributed by atoms with Gasteiger partial charge >= 0.3 is 6.09 Å². The van der Waals surface area contributed by atoms with Gasteiger partial charge in [-0.2, -0.15) is 4.31 Å². The van der Waals surface area contributed by atoms with E-state index in [9.17, 15) is 28.2 Å². The van der Waals surface area contributed by atoms with Crippen LogP contribution in [0, 0.1) is 18.3 Å². The number of amides is 2. The first kappa shape index (κ1) is 38.2. The molecule has 0 spiro atoms. The molecule has 3 aromatic rings. The molecular weight excluding hydrogens is 630 g/mol. The Morgan fingerprint density at radius 1 is 0.896 bits per heavy atom. The van der Waals surface area contributed by atoms with Crippen molar-refractivity contribution < 1.29 is 33.0 Å². The quantitative estimate of drug-likeness (QED) is 0.168. The Hall–Kier alpha value is -4.21. The fourth-order valence-corrected chi connectivity index (χ4v) is 7.50. The maximum absolute atomic E-state index is 13.8. The van der Waals surface area contributed by atoms with E-state index in [0.29, 0.717) is 18.4 Å². The normalized spacial score (nSPS) is 13.6. The molecule has 0 fully saturated rings. The van der Waals surface area contributed by atoms with Crippen molar-refractivity contribution in [1.82, 2.24) is 9.21 Å². The molecule has 0 saturated carbocycles. The number of carbonyl (C=O) groups is 2. The third kappa shape index (κ3) is 9.67. The molecule has 0 aliphatic heterocycles. The largest absolute Gasteiger partial charge is 0.453 e. The Labute approximate surface area is 284 Å². The van der Waals surface area contributed by atoms with E-state index in [1.54, 1.807) is 12.1 Å². The first-order valence-corrected chi connectivity index (χ1v) is 17.5. The van der Waals surface area contributed by atoms with Crippen LogP contribution < -0.4 is 5.73 Å². The Morgan fingerprint density at radius 3 is 1.90 bits per heavy atom. The predicted molar refractivity (Wildman–Crippen MR) is 185 cm³/mol. The molecule has 0 aromatic heterocycles. The minimum atomic E-state index is -4.01. The predicted octanol–water partition coefficient (Wildman–Crippen LogP) is 4.50. The topological polar surface area (TPSA) is 150 Å². The van der Waals surface area contributed by atoms with Crippen molar-refractivity contribution >= 4 is 22.0 Å². The number of primary amides is 1. The van der Waals surface area contributed by atoms with E-state index in [1.165, 1.54) is 28.4 Å². The van der Waals surface area contributed by atoms with Crippen LogP contribution in [0.1, 0.15) is 62.1 Å². The zero-order chi connectivity index (χ0) is 35.3. The number of ether oxygens (including phenoxy) is 1. The number of hydrogen-bond acceptors (Lipinski definition) is 7. The highest BCUT2D eigenvalue weighted by atomic mass is 32.2. The van der Waals surface area contributed by atoms with Crippen molar-refractivity contribution in [1.29, 1.82) is 0 Å². The summed E-state index contributed by atoms with van der Waals surface area (Å²) in [5.41, 5.74) is 8.11. The minimum absolute atomic E-state index is 0.0532. The molecule has 0 heterocycles. The summed E-state index contributed by atoms with van der Waals surface area (Å²) >= 11 is 0. The van der Waals surface area contributed by atoms with E-state index in [4.69, 9.17) is 16.9 Å². The van der Waals surface area contributed by atoms with Crippen LogP contribution in [-0.2, 0) is 26.2 Å². The third-order valence-corrected chi connectivity index (χ3v) is 10.4. The molecule has 11 heteroatoms. The Kier molecular flexibility index (Phi) is 14.6. The standard InChI is InChI=1S/C37H47N3O7S/c1-5-31(17-12-18-32(26-42)39(24-23-27(2)3)48(45,46)33-21-19-28(25-41)20-22-33)40(37(44)47-4)35(36(38)43)34(29-13-8-6-9-14-29)30-15-10-7-11-16-30/h1,6-11,13-16,19-22,27,31-32,34-35,41-42H,12,17-18,23-26H2,2-4H3,(H2,38,43)/t31-,32-,35-/m0/s1. The van der Waals surface area contributed by atoms with Crippen LogP contribution in [0.3, 0.4) is 0 Å². The average molecular weight is 678 g/mol. The fraction of sp³-hybridized carbons (Fsp3) is 0.405. The summed E-state index contributed by atoms with van der Waals surface area (Å²) in [6.07, 6.45) is 6.45. The van der Waals surface area contributed by atoms with E-state index < -0.39 is 52.7 Å². The molecule has 3 atom stereocenters. The van der Waals surface area contributed by atoms with Crippen molar-refractivity contribution in [2.45, 2.75) is 75.1 Å². The van der Waals surface area contributed by atoms with Gasteiger partial charge in [-0.25, -0.2) is 13.2 Å². The van der Waals surface area contributed by atoms with Crippen LogP contribution >= 0.6 is 0 Å². The molecule has 4 N–H and O–H groups in total. The monoisotopic (exact) mass is 677 g/mol. The first-order valence-electron chi connectivity index (χ1n) is 16.0. The van der Waals surface area contributed by atoms with E-state index in [-0.39, 0.29) is 36.8 Å². The number of aliphatic hydroxyl groups excluding tert-OH is 2. The summed E-state index contributed by atoms with van der Waals surface area (Å²) in [5.74, 6) is 1.40. The molecule has 10 nitrogen and oxygen atoms in total. The molecule has 258 valence electrons. The van der Waals surface area contributed by atoms with Crippen molar-refractivity contribution in [3.63, 3.8) is 0 Å². The zero-order valence-corrected chi connectivity index (χ0v) is 28.6. The summed E-state index contributed by atoms with van der Waals surface area (Å²) < 4.78 is 34.1. The minimum Gasteiger partial charge on any atom is -0.453 e. The van der Waals surface area contributed by atoms with E-state index >= 15 is 0 Å². The SMILES string of the molecule is C#C[C@@H](CCC[C@@H](CO)N(CCC(C)C)S(=O)(=O)c1ccc(CO)cc1)N(C(=O)OC)[C@H](C(N)=O)C(c1ccccc1)c1ccccc1. The van der Waals surface area contributed by atoms with E-state index in [0.717, 1.165) is 11.1 Å². The third-order valence-electron chi connectivity index (χ3n) is 8.41. The number of hydrogen-bond donors (Lipinski definition) is 3. The van der Waals surface area contributed by atoms with Gasteiger partial charge in [0.15, 0.2) is 0 Å². The molecule has 0 saturated heterocycles. The van der Waals surface area contributed by atoms with Gasteiger partial charge in [-0.3, -0.25) is 9.69 Å². The van der Waals surface area contributed by atoms with Crippen LogP contribution in [0.25, 0.3) is 0 Å². The molecule has 2 amide bonds. The molecule has 0 radical (unpaired) electrons. The molecule has 0 aliphatic rings. The smallest absolute Gasteiger partial charge is 0.411 e. The summed E-state index contributed by atoms with van der Waals surface area (Å²) in [6.45, 7) is 3.49. The van der Waals surface area contributed by atoms with Gasteiger partial charge < -0.3 is 20.7 Å². The molecule has 3 rings (SSSR count). The Balaban J connectivity index is 1.94. The summed E-state index contributed by atoms with van der Waals surface area (Å²) in [6, 6.07) is 21.5. The van der Waals surface area contributed by atoms with Gasteiger partial charge in [-0.05, 0) is 60.4 Å². The number of aliphatic hydroxyl groups is 2. The van der Waals surface area contributed by atoms with Crippen LogP contribution in [0.15, 0.2) is 89.8 Å².